The first-order chi connectivity index (χ1) is 8.60. The zero-order chi connectivity index (χ0) is 13.1. The van der Waals surface area contributed by atoms with Crippen molar-refractivity contribution >= 4 is 28.9 Å². The molecule has 0 aliphatic carbocycles. The molecular weight excluding hydrogens is 273 g/mol. The second kappa shape index (κ2) is 5.13. The van der Waals surface area contributed by atoms with E-state index >= 15 is 0 Å². The molecule has 0 radical (unpaired) electrons. The van der Waals surface area contributed by atoms with Gasteiger partial charge >= 0.3 is 0 Å². The largest absolute Gasteiger partial charge is 0.455 e. The van der Waals surface area contributed by atoms with Crippen LogP contribution in [-0.2, 0) is 0 Å². The van der Waals surface area contributed by atoms with E-state index in [2.05, 4.69) is 4.98 Å². The quantitative estimate of drug-likeness (QED) is 0.852. The molecule has 18 heavy (non-hydrogen) atoms. The second-order valence-electron chi connectivity index (χ2n) is 3.39. The summed E-state index contributed by atoms with van der Waals surface area (Å²) >= 11 is 11.7. The smallest absolute Gasteiger partial charge is 0.151 e. The molecule has 6 heteroatoms. The lowest BCUT2D eigenvalue weighted by Crippen LogP contribution is -1.93. The van der Waals surface area contributed by atoms with Crippen molar-refractivity contribution in [2.75, 3.05) is 5.73 Å². The summed E-state index contributed by atoms with van der Waals surface area (Å²) in [6, 6.07) is 8.06. The molecule has 0 atom stereocenters. The molecule has 0 aliphatic heterocycles. The standard InChI is InChI=1S/C12H7Cl2N3O/c13-9-4-11(16)12(5-10(9)14)18-8-1-2-17-7(3-8)6-15/h1-5H,16H2. The van der Waals surface area contributed by atoms with Crippen LogP contribution in [0.2, 0.25) is 10.0 Å². The van der Waals surface area contributed by atoms with E-state index in [1.54, 1.807) is 6.07 Å². The highest BCUT2D eigenvalue weighted by Crippen LogP contribution is 2.34. The van der Waals surface area contributed by atoms with Gasteiger partial charge in [0.1, 0.15) is 17.5 Å². The normalized spacial score (nSPS) is 9.83. The van der Waals surface area contributed by atoms with Crippen molar-refractivity contribution < 1.29 is 4.74 Å². The number of hydrogen-bond donors (Lipinski definition) is 1. The number of anilines is 1. The molecule has 0 aliphatic rings. The summed E-state index contributed by atoms with van der Waals surface area (Å²) < 4.78 is 5.53. The molecule has 0 fully saturated rings. The van der Waals surface area contributed by atoms with E-state index in [1.807, 2.05) is 6.07 Å². The summed E-state index contributed by atoms with van der Waals surface area (Å²) in [5, 5.41) is 9.43. The Morgan fingerprint density at radius 3 is 2.67 bits per heavy atom. The monoisotopic (exact) mass is 279 g/mol. The molecule has 0 spiro atoms. The molecule has 0 bridgehead atoms. The summed E-state index contributed by atoms with van der Waals surface area (Å²) in [5.74, 6) is 0.825. The van der Waals surface area contributed by atoms with E-state index in [0.29, 0.717) is 27.2 Å². The van der Waals surface area contributed by atoms with Crippen molar-refractivity contribution in [1.82, 2.24) is 4.98 Å². The number of rotatable bonds is 2. The molecule has 2 N–H and O–H groups in total. The van der Waals surface area contributed by atoms with Crippen LogP contribution in [0.25, 0.3) is 0 Å². The molecule has 1 aromatic heterocycles. The number of nitrogens with two attached hydrogens (primary N) is 1. The van der Waals surface area contributed by atoms with Crippen LogP contribution in [0.1, 0.15) is 5.69 Å². The van der Waals surface area contributed by atoms with E-state index in [1.165, 1.54) is 24.4 Å². The Balaban J connectivity index is 2.34. The van der Waals surface area contributed by atoms with Crippen LogP contribution in [0.5, 0.6) is 11.5 Å². The highest BCUT2D eigenvalue weighted by atomic mass is 35.5. The van der Waals surface area contributed by atoms with Crippen molar-refractivity contribution in [3.8, 4) is 17.6 Å². The van der Waals surface area contributed by atoms with Gasteiger partial charge in [-0.15, -0.1) is 0 Å². The number of hydrogen-bond acceptors (Lipinski definition) is 4. The molecule has 90 valence electrons. The summed E-state index contributed by atoms with van der Waals surface area (Å²) in [6.07, 6.45) is 1.47. The molecule has 4 nitrogen and oxygen atoms in total. The van der Waals surface area contributed by atoms with E-state index in [-0.39, 0.29) is 5.69 Å². The van der Waals surface area contributed by atoms with Gasteiger partial charge in [0.25, 0.3) is 0 Å². The Bertz CT molecular complexity index is 638. The third-order valence-electron chi connectivity index (χ3n) is 2.13. The molecule has 1 aromatic carbocycles. The van der Waals surface area contributed by atoms with Gasteiger partial charge in [0, 0.05) is 18.3 Å². The minimum absolute atomic E-state index is 0.256. The molecular formula is C12H7Cl2N3O. The maximum Gasteiger partial charge on any atom is 0.151 e. The van der Waals surface area contributed by atoms with Gasteiger partial charge in [0.15, 0.2) is 5.75 Å². The number of benzene rings is 1. The fourth-order valence-electron chi connectivity index (χ4n) is 1.30. The van der Waals surface area contributed by atoms with Gasteiger partial charge in [-0.25, -0.2) is 4.98 Å². The number of nitrogens with zero attached hydrogens (tertiary/aromatic N) is 2. The highest BCUT2D eigenvalue weighted by Gasteiger charge is 2.07. The van der Waals surface area contributed by atoms with Gasteiger partial charge in [0.05, 0.1) is 15.7 Å². The third kappa shape index (κ3) is 2.65. The SMILES string of the molecule is N#Cc1cc(Oc2cc(Cl)c(Cl)cc2N)ccn1. The van der Waals surface area contributed by atoms with Gasteiger partial charge < -0.3 is 10.5 Å². The van der Waals surface area contributed by atoms with Crippen LogP contribution < -0.4 is 10.5 Å². The van der Waals surface area contributed by atoms with Crippen LogP contribution in [0, 0.1) is 11.3 Å². The van der Waals surface area contributed by atoms with Crippen LogP contribution in [0.4, 0.5) is 5.69 Å². The summed E-state index contributed by atoms with van der Waals surface area (Å²) in [5.41, 5.74) is 6.38. The van der Waals surface area contributed by atoms with Crippen LogP contribution >= 0.6 is 23.2 Å². The lowest BCUT2D eigenvalue weighted by Gasteiger charge is -2.09. The number of nitriles is 1. The van der Waals surface area contributed by atoms with Crippen LogP contribution in [0.15, 0.2) is 30.5 Å². The fraction of sp³-hybridized carbons (Fsp3) is 0. The van der Waals surface area contributed by atoms with Gasteiger partial charge in [-0.2, -0.15) is 5.26 Å². The molecule has 2 rings (SSSR count). The van der Waals surface area contributed by atoms with Crippen molar-refractivity contribution in [3.05, 3.63) is 46.2 Å². The first kappa shape index (κ1) is 12.5. The van der Waals surface area contributed by atoms with E-state index in [9.17, 15) is 0 Å². The fourth-order valence-corrected chi connectivity index (χ4v) is 1.62. The number of pyridine rings is 1. The molecule has 0 saturated carbocycles. The third-order valence-corrected chi connectivity index (χ3v) is 2.85. The van der Waals surface area contributed by atoms with Gasteiger partial charge in [-0.3, -0.25) is 0 Å². The average molecular weight is 280 g/mol. The summed E-state index contributed by atoms with van der Waals surface area (Å²) in [6.45, 7) is 0. The number of nitrogen functional groups attached to an aromatic ring is 1. The van der Waals surface area contributed by atoms with Crippen molar-refractivity contribution in [1.29, 1.82) is 5.26 Å². The lowest BCUT2D eigenvalue weighted by molar-refractivity contribution is 0.484. The van der Waals surface area contributed by atoms with Crippen LogP contribution in [-0.4, -0.2) is 4.98 Å². The molecule has 0 saturated heterocycles. The van der Waals surface area contributed by atoms with Crippen molar-refractivity contribution in [2.24, 2.45) is 0 Å². The topological polar surface area (TPSA) is 71.9 Å². The Kier molecular flexibility index (Phi) is 3.56. The Hall–Kier alpha value is -1.96. The Morgan fingerprint density at radius 1 is 1.22 bits per heavy atom. The first-order valence-corrected chi connectivity index (χ1v) is 5.64. The minimum atomic E-state index is 0.256. The Morgan fingerprint density at radius 2 is 1.94 bits per heavy atom. The van der Waals surface area contributed by atoms with Gasteiger partial charge in [-0.05, 0) is 12.1 Å². The second-order valence-corrected chi connectivity index (χ2v) is 4.21. The van der Waals surface area contributed by atoms with Gasteiger partial charge in [0.2, 0.25) is 0 Å². The number of aromatic nitrogens is 1. The Labute approximate surface area is 114 Å². The zero-order valence-electron chi connectivity index (χ0n) is 9.02. The van der Waals surface area contributed by atoms with Crippen LogP contribution in [0.3, 0.4) is 0 Å². The average Bonchev–Trinajstić information content (AvgIpc) is 2.36. The molecule has 1 heterocycles. The van der Waals surface area contributed by atoms with E-state index < -0.39 is 0 Å². The van der Waals surface area contributed by atoms with E-state index in [0.717, 1.165) is 0 Å². The maximum absolute atomic E-state index is 8.73. The first-order valence-electron chi connectivity index (χ1n) is 4.88. The number of halogens is 2. The zero-order valence-corrected chi connectivity index (χ0v) is 10.5. The summed E-state index contributed by atoms with van der Waals surface area (Å²) in [4.78, 5) is 3.83. The minimum Gasteiger partial charge on any atom is -0.455 e. The summed E-state index contributed by atoms with van der Waals surface area (Å²) in [7, 11) is 0. The van der Waals surface area contributed by atoms with Crippen molar-refractivity contribution in [2.45, 2.75) is 0 Å². The molecule has 0 unspecified atom stereocenters. The predicted octanol–water partition coefficient (Wildman–Crippen LogP) is 3.63. The predicted molar refractivity (Wildman–Crippen MR) is 69.9 cm³/mol. The van der Waals surface area contributed by atoms with Crippen molar-refractivity contribution in [3.63, 3.8) is 0 Å². The lowest BCUT2D eigenvalue weighted by atomic mass is 10.3. The molecule has 2 aromatic rings. The highest BCUT2D eigenvalue weighted by molar-refractivity contribution is 6.42. The number of ether oxygens (including phenoxy) is 1. The van der Waals surface area contributed by atoms with E-state index in [4.69, 9.17) is 38.9 Å². The maximum atomic E-state index is 8.73. The van der Waals surface area contributed by atoms with Gasteiger partial charge in [-0.1, -0.05) is 23.2 Å². The molecule has 0 amide bonds.